The third kappa shape index (κ3) is 8.24. The molecule has 0 saturated heterocycles. The fourth-order valence-electron chi connectivity index (χ4n) is 2.41. The van der Waals surface area contributed by atoms with E-state index in [-0.39, 0.29) is 6.42 Å². The Morgan fingerprint density at radius 2 is 1.35 bits per heavy atom. The highest BCUT2D eigenvalue weighted by Gasteiger charge is 2.81. The molecule has 0 aliphatic heterocycles. The molecular formula is C18H23F9O4. The maximum Gasteiger partial charge on any atom is 0.460 e. The van der Waals surface area contributed by atoms with Crippen LogP contribution in [0.4, 0.5) is 39.5 Å². The van der Waals surface area contributed by atoms with E-state index in [0.717, 1.165) is 25.7 Å². The predicted molar refractivity (Wildman–Crippen MR) is 90.2 cm³/mol. The van der Waals surface area contributed by atoms with Gasteiger partial charge in [-0.25, -0.2) is 9.59 Å². The van der Waals surface area contributed by atoms with Crippen molar-refractivity contribution in [2.45, 2.75) is 82.2 Å². The Kier molecular flexibility index (Phi) is 10.9. The first-order chi connectivity index (χ1) is 14.0. The lowest BCUT2D eigenvalue weighted by molar-refractivity contribution is -0.397. The average Bonchev–Trinajstić information content (AvgIpc) is 2.61. The number of carboxylic acid groups (broad SMARTS) is 1. The normalized spacial score (nSPS) is 13.9. The van der Waals surface area contributed by atoms with Crippen molar-refractivity contribution in [3.63, 3.8) is 0 Å². The van der Waals surface area contributed by atoms with E-state index in [1.165, 1.54) is 0 Å². The molecule has 31 heavy (non-hydrogen) atoms. The van der Waals surface area contributed by atoms with Crippen LogP contribution in [0.3, 0.4) is 0 Å². The summed E-state index contributed by atoms with van der Waals surface area (Å²) in [4.78, 5) is 22.6. The minimum atomic E-state index is -7.03. The molecule has 182 valence electrons. The summed E-state index contributed by atoms with van der Waals surface area (Å²) in [5.74, 6) is -22.8. The topological polar surface area (TPSA) is 63.6 Å². The molecule has 0 aromatic heterocycles. The summed E-state index contributed by atoms with van der Waals surface area (Å²) in [5, 5.41) is 8.74. The summed E-state index contributed by atoms with van der Waals surface area (Å²) >= 11 is 0. The van der Waals surface area contributed by atoms with Crippen molar-refractivity contribution in [1.82, 2.24) is 0 Å². The summed E-state index contributed by atoms with van der Waals surface area (Å²) in [6.45, 7) is 0.343. The molecule has 0 aliphatic rings. The highest BCUT2D eigenvalue weighted by molar-refractivity contribution is 5.95. The summed E-state index contributed by atoms with van der Waals surface area (Å²) < 4.78 is 119. The Bertz CT molecular complexity index is 628. The summed E-state index contributed by atoms with van der Waals surface area (Å²) in [6, 6.07) is 0. The van der Waals surface area contributed by atoms with Gasteiger partial charge in [0, 0.05) is 11.6 Å². The molecule has 1 N–H and O–H groups in total. The van der Waals surface area contributed by atoms with Gasteiger partial charge < -0.3 is 9.84 Å². The van der Waals surface area contributed by atoms with E-state index >= 15 is 0 Å². The third-order valence-corrected chi connectivity index (χ3v) is 4.22. The smallest absolute Gasteiger partial charge is 0.460 e. The molecule has 0 radical (unpaired) electrons. The number of carbonyl (C=O) groups excluding carboxylic acids is 1. The molecule has 0 amide bonds. The minimum absolute atomic E-state index is 0.143. The molecular weight excluding hydrogens is 451 g/mol. The number of rotatable bonds is 14. The third-order valence-electron chi connectivity index (χ3n) is 4.22. The molecule has 0 unspecified atom stereocenters. The lowest BCUT2D eigenvalue weighted by atomic mass is 10.0. The molecule has 0 rings (SSSR count). The van der Waals surface area contributed by atoms with Gasteiger partial charge in [-0.3, -0.25) is 0 Å². The zero-order valence-corrected chi connectivity index (χ0v) is 16.5. The number of alkyl halides is 9. The van der Waals surface area contributed by atoms with Crippen molar-refractivity contribution in [1.29, 1.82) is 0 Å². The van der Waals surface area contributed by atoms with E-state index in [4.69, 9.17) is 5.11 Å². The maximum absolute atomic E-state index is 13.4. The average molecular weight is 474 g/mol. The van der Waals surface area contributed by atoms with Gasteiger partial charge in [0.1, 0.15) is 0 Å². The number of aliphatic carboxylic acids is 1. The van der Waals surface area contributed by atoms with Crippen molar-refractivity contribution >= 4 is 11.9 Å². The first-order valence-corrected chi connectivity index (χ1v) is 9.32. The number of esters is 1. The second-order valence-electron chi connectivity index (χ2n) is 6.76. The van der Waals surface area contributed by atoms with Crippen LogP contribution in [0, 0.1) is 0 Å². The second-order valence-corrected chi connectivity index (χ2v) is 6.76. The Hall–Kier alpha value is -1.95. The van der Waals surface area contributed by atoms with Gasteiger partial charge in [-0.15, -0.1) is 0 Å². The Balaban J connectivity index is 4.97. The SMILES string of the molecule is CCCCCCCCC(=CC(=O)O)C(=O)OCCC(F)(F)C(F)(F)C(F)(F)C(F)(F)F. The van der Waals surface area contributed by atoms with Crippen LogP contribution < -0.4 is 0 Å². The van der Waals surface area contributed by atoms with Crippen LogP contribution in [-0.4, -0.2) is 47.6 Å². The number of carboxylic acids is 1. The summed E-state index contributed by atoms with van der Waals surface area (Å²) in [5.41, 5.74) is -0.487. The maximum atomic E-state index is 13.4. The van der Waals surface area contributed by atoms with Crippen LogP contribution in [0.15, 0.2) is 11.6 Å². The summed E-state index contributed by atoms with van der Waals surface area (Å²) in [6.07, 6.45) is -4.48. The summed E-state index contributed by atoms with van der Waals surface area (Å²) in [7, 11) is 0. The highest BCUT2D eigenvalue weighted by Crippen LogP contribution is 2.53. The fourth-order valence-corrected chi connectivity index (χ4v) is 2.41. The van der Waals surface area contributed by atoms with Crippen LogP contribution in [-0.2, 0) is 14.3 Å². The van der Waals surface area contributed by atoms with E-state index in [0.29, 0.717) is 18.9 Å². The Labute approximate surface area is 172 Å². The van der Waals surface area contributed by atoms with Crippen molar-refractivity contribution < 1.29 is 58.9 Å². The monoisotopic (exact) mass is 474 g/mol. The number of hydrogen-bond donors (Lipinski definition) is 1. The Morgan fingerprint density at radius 1 is 0.839 bits per heavy atom. The van der Waals surface area contributed by atoms with E-state index in [9.17, 15) is 49.1 Å². The van der Waals surface area contributed by atoms with Gasteiger partial charge in [-0.05, 0) is 12.8 Å². The molecule has 0 saturated carbocycles. The lowest BCUT2D eigenvalue weighted by Gasteiger charge is -2.33. The number of ether oxygens (including phenoxy) is 1. The molecule has 4 nitrogen and oxygen atoms in total. The van der Waals surface area contributed by atoms with Crippen molar-refractivity contribution in [3.8, 4) is 0 Å². The number of halogens is 9. The first kappa shape index (κ1) is 29.1. The fraction of sp³-hybridized carbons (Fsp3) is 0.778. The van der Waals surface area contributed by atoms with Gasteiger partial charge in [0.05, 0.1) is 13.0 Å². The zero-order chi connectivity index (χ0) is 24.5. The zero-order valence-electron chi connectivity index (χ0n) is 16.5. The van der Waals surface area contributed by atoms with Crippen LogP contribution >= 0.6 is 0 Å². The molecule has 0 aliphatic carbocycles. The van der Waals surface area contributed by atoms with E-state index in [2.05, 4.69) is 4.74 Å². The standard InChI is InChI=1S/C18H23F9O4/c1-2-3-4-5-6-7-8-12(11-13(28)29)14(30)31-10-9-15(19,20)16(21,22)17(23,24)18(25,26)27/h11H,2-10H2,1H3,(H,28,29). The van der Waals surface area contributed by atoms with Gasteiger partial charge in [-0.1, -0.05) is 39.0 Å². The van der Waals surface area contributed by atoms with Crippen LogP contribution in [0.5, 0.6) is 0 Å². The van der Waals surface area contributed by atoms with Crippen molar-refractivity contribution in [2.75, 3.05) is 6.61 Å². The first-order valence-electron chi connectivity index (χ1n) is 9.32. The largest absolute Gasteiger partial charge is 0.478 e. The minimum Gasteiger partial charge on any atom is -0.478 e. The molecule has 0 aromatic rings. The molecule has 13 heteroatoms. The number of unbranched alkanes of at least 4 members (excludes halogenated alkanes) is 5. The number of hydrogen-bond acceptors (Lipinski definition) is 3. The molecule has 0 spiro atoms. The molecule has 0 fully saturated rings. The molecule has 0 heterocycles. The quantitative estimate of drug-likeness (QED) is 0.142. The van der Waals surface area contributed by atoms with Gasteiger partial charge >= 0.3 is 35.9 Å². The Morgan fingerprint density at radius 3 is 1.84 bits per heavy atom. The molecule has 0 atom stereocenters. The van der Waals surface area contributed by atoms with Gasteiger partial charge in [0.25, 0.3) is 0 Å². The van der Waals surface area contributed by atoms with Crippen LogP contribution in [0.2, 0.25) is 0 Å². The number of carbonyl (C=O) groups is 2. The molecule has 0 aromatic carbocycles. The highest BCUT2D eigenvalue weighted by atomic mass is 19.4. The van der Waals surface area contributed by atoms with E-state index in [1.807, 2.05) is 6.92 Å². The van der Waals surface area contributed by atoms with Crippen molar-refractivity contribution in [3.05, 3.63) is 11.6 Å². The van der Waals surface area contributed by atoms with Crippen LogP contribution in [0.25, 0.3) is 0 Å². The van der Waals surface area contributed by atoms with Gasteiger partial charge in [0.15, 0.2) is 0 Å². The van der Waals surface area contributed by atoms with Gasteiger partial charge in [0.2, 0.25) is 0 Å². The van der Waals surface area contributed by atoms with Gasteiger partial charge in [-0.2, -0.15) is 39.5 Å². The van der Waals surface area contributed by atoms with E-state index in [1.54, 1.807) is 0 Å². The lowest BCUT2D eigenvalue weighted by Crippen LogP contribution is -2.61. The van der Waals surface area contributed by atoms with Crippen molar-refractivity contribution in [2.24, 2.45) is 0 Å². The second kappa shape index (κ2) is 11.6. The van der Waals surface area contributed by atoms with Crippen LogP contribution in [0.1, 0.15) is 58.3 Å². The van der Waals surface area contributed by atoms with E-state index < -0.39 is 54.5 Å². The molecule has 0 bridgehead atoms. The predicted octanol–water partition coefficient (Wildman–Crippen LogP) is 6.15.